The number of nitrogens with zero attached hydrogens (tertiary/aromatic N) is 1. The summed E-state index contributed by atoms with van der Waals surface area (Å²) >= 11 is 0. The molecule has 128 valence electrons. The van der Waals surface area contributed by atoms with Crippen molar-refractivity contribution in [3.63, 3.8) is 0 Å². The van der Waals surface area contributed by atoms with Crippen LogP contribution >= 0.6 is 0 Å². The van der Waals surface area contributed by atoms with Gasteiger partial charge in [0.25, 0.3) is 11.8 Å². The number of hydrogen-bond donors (Lipinski definition) is 2. The SMILES string of the molecule is CC(C)N1C(=O)NC(=O)C1(C(=O)Nc1ccccc1)c1ccccc1. The van der Waals surface area contributed by atoms with Gasteiger partial charge in [-0.1, -0.05) is 48.5 Å². The predicted molar refractivity (Wildman–Crippen MR) is 93.7 cm³/mol. The third-order valence-electron chi connectivity index (χ3n) is 4.20. The highest BCUT2D eigenvalue weighted by atomic mass is 16.2. The van der Waals surface area contributed by atoms with Crippen molar-refractivity contribution in [2.24, 2.45) is 0 Å². The molecule has 1 aliphatic heterocycles. The first kappa shape index (κ1) is 16.7. The Morgan fingerprint density at radius 3 is 2.12 bits per heavy atom. The lowest BCUT2D eigenvalue weighted by Gasteiger charge is -2.36. The van der Waals surface area contributed by atoms with E-state index < -0.39 is 23.4 Å². The Labute approximate surface area is 145 Å². The monoisotopic (exact) mass is 337 g/mol. The molecule has 0 saturated carbocycles. The highest BCUT2D eigenvalue weighted by Gasteiger charge is 2.60. The number of imide groups is 1. The van der Waals surface area contributed by atoms with Gasteiger partial charge in [-0.2, -0.15) is 0 Å². The number of anilines is 1. The Morgan fingerprint density at radius 1 is 1.00 bits per heavy atom. The van der Waals surface area contributed by atoms with Crippen LogP contribution in [0.25, 0.3) is 0 Å². The van der Waals surface area contributed by atoms with Gasteiger partial charge in [-0.15, -0.1) is 0 Å². The summed E-state index contributed by atoms with van der Waals surface area (Å²) in [5, 5.41) is 5.06. The Morgan fingerprint density at radius 2 is 1.56 bits per heavy atom. The topological polar surface area (TPSA) is 78.5 Å². The highest BCUT2D eigenvalue weighted by Crippen LogP contribution is 2.36. The Bertz CT molecular complexity index is 805. The van der Waals surface area contributed by atoms with Crippen molar-refractivity contribution in [3.05, 3.63) is 66.2 Å². The number of urea groups is 1. The van der Waals surface area contributed by atoms with E-state index in [4.69, 9.17) is 0 Å². The van der Waals surface area contributed by atoms with Crippen molar-refractivity contribution >= 4 is 23.5 Å². The summed E-state index contributed by atoms with van der Waals surface area (Å²) in [7, 11) is 0. The molecular formula is C19H19N3O3. The Balaban J connectivity index is 2.14. The van der Waals surface area contributed by atoms with Crippen LogP contribution in [0.4, 0.5) is 10.5 Å². The van der Waals surface area contributed by atoms with Gasteiger partial charge in [0.2, 0.25) is 5.54 Å². The standard InChI is InChI=1S/C19H19N3O3/c1-13(2)22-18(25)21-17(24)19(22,14-9-5-3-6-10-14)16(23)20-15-11-7-4-8-12-15/h3-13H,1-2H3,(H,20,23)(H,21,24,25). The maximum atomic E-state index is 13.2. The molecule has 6 heteroatoms. The fraction of sp³-hybridized carbons (Fsp3) is 0.211. The second-order valence-corrected chi connectivity index (χ2v) is 6.12. The first-order valence-electron chi connectivity index (χ1n) is 8.04. The molecule has 6 nitrogen and oxygen atoms in total. The fourth-order valence-corrected chi connectivity index (χ4v) is 3.17. The van der Waals surface area contributed by atoms with Crippen LogP contribution in [0.1, 0.15) is 19.4 Å². The molecule has 25 heavy (non-hydrogen) atoms. The molecule has 2 aromatic rings. The summed E-state index contributed by atoms with van der Waals surface area (Å²) in [5.74, 6) is -1.22. The molecule has 0 aromatic heterocycles. The summed E-state index contributed by atoms with van der Waals surface area (Å²) in [6.07, 6.45) is 0. The lowest BCUT2D eigenvalue weighted by molar-refractivity contribution is -0.138. The van der Waals surface area contributed by atoms with Gasteiger partial charge in [0.15, 0.2) is 0 Å². The van der Waals surface area contributed by atoms with E-state index in [1.807, 2.05) is 6.07 Å². The van der Waals surface area contributed by atoms with E-state index >= 15 is 0 Å². The van der Waals surface area contributed by atoms with E-state index in [1.54, 1.807) is 68.4 Å². The summed E-state index contributed by atoms with van der Waals surface area (Å²) < 4.78 is 0. The van der Waals surface area contributed by atoms with Crippen molar-refractivity contribution in [1.82, 2.24) is 10.2 Å². The van der Waals surface area contributed by atoms with E-state index in [-0.39, 0.29) is 6.04 Å². The van der Waals surface area contributed by atoms with E-state index in [9.17, 15) is 14.4 Å². The van der Waals surface area contributed by atoms with Gasteiger partial charge in [0.05, 0.1) is 0 Å². The van der Waals surface area contributed by atoms with Crippen LogP contribution in [0.3, 0.4) is 0 Å². The van der Waals surface area contributed by atoms with Crippen LogP contribution in [0.5, 0.6) is 0 Å². The molecule has 1 saturated heterocycles. The van der Waals surface area contributed by atoms with E-state index in [2.05, 4.69) is 10.6 Å². The second kappa shape index (κ2) is 6.39. The number of nitrogens with one attached hydrogen (secondary N) is 2. The summed E-state index contributed by atoms with van der Waals surface area (Å²) in [6.45, 7) is 3.54. The van der Waals surface area contributed by atoms with Crippen molar-refractivity contribution in [2.75, 3.05) is 5.32 Å². The van der Waals surface area contributed by atoms with Gasteiger partial charge in [0.1, 0.15) is 0 Å². The van der Waals surface area contributed by atoms with Crippen molar-refractivity contribution < 1.29 is 14.4 Å². The number of rotatable bonds is 4. The lowest BCUT2D eigenvalue weighted by Crippen LogP contribution is -2.57. The molecule has 2 N–H and O–H groups in total. The zero-order valence-electron chi connectivity index (χ0n) is 14.0. The Kier molecular flexibility index (Phi) is 4.27. The van der Waals surface area contributed by atoms with E-state index in [0.29, 0.717) is 11.3 Å². The fourth-order valence-electron chi connectivity index (χ4n) is 3.17. The minimum absolute atomic E-state index is 0.354. The molecule has 1 heterocycles. The van der Waals surface area contributed by atoms with Crippen LogP contribution < -0.4 is 10.6 Å². The number of amides is 4. The van der Waals surface area contributed by atoms with Gasteiger partial charge in [0, 0.05) is 11.7 Å². The van der Waals surface area contributed by atoms with Gasteiger partial charge < -0.3 is 5.32 Å². The third kappa shape index (κ3) is 2.65. The molecule has 1 atom stereocenters. The summed E-state index contributed by atoms with van der Waals surface area (Å²) in [5.41, 5.74) is -0.748. The van der Waals surface area contributed by atoms with E-state index in [0.717, 1.165) is 0 Å². The molecule has 1 unspecified atom stereocenters. The molecule has 4 amide bonds. The number of benzene rings is 2. The van der Waals surface area contributed by atoms with Gasteiger partial charge >= 0.3 is 6.03 Å². The minimum atomic E-state index is -1.75. The molecular weight excluding hydrogens is 318 g/mol. The molecule has 0 spiro atoms. The Hall–Kier alpha value is -3.15. The van der Waals surface area contributed by atoms with Crippen molar-refractivity contribution in [2.45, 2.75) is 25.4 Å². The predicted octanol–water partition coefficient (Wildman–Crippen LogP) is 2.48. The second-order valence-electron chi connectivity index (χ2n) is 6.12. The minimum Gasteiger partial charge on any atom is -0.323 e. The molecule has 1 fully saturated rings. The maximum absolute atomic E-state index is 13.2. The van der Waals surface area contributed by atoms with Crippen molar-refractivity contribution in [3.8, 4) is 0 Å². The largest absolute Gasteiger partial charge is 0.325 e. The average Bonchev–Trinajstić information content (AvgIpc) is 2.87. The first-order chi connectivity index (χ1) is 12.0. The normalized spacial score (nSPS) is 19.9. The molecule has 0 radical (unpaired) electrons. The van der Waals surface area contributed by atoms with Crippen LogP contribution in [0.2, 0.25) is 0 Å². The van der Waals surface area contributed by atoms with Crippen LogP contribution in [-0.2, 0) is 15.1 Å². The van der Waals surface area contributed by atoms with E-state index in [1.165, 1.54) is 4.90 Å². The third-order valence-corrected chi connectivity index (χ3v) is 4.20. The van der Waals surface area contributed by atoms with Crippen LogP contribution in [-0.4, -0.2) is 28.8 Å². The van der Waals surface area contributed by atoms with Crippen LogP contribution in [0.15, 0.2) is 60.7 Å². The zero-order valence-corrected chi connectivity index (χ0v) is 14.0. The van der Waals surface area contributed by atoms with Gasteiger partial charge in [-0.25, -0.2) is 4.79 Å². The molecule has 3 rings (SSSR count). The molecule has 2 aromatic carbocycles. The van der Waals surface area contributed by atoms with Crippen molar-refractivity contribution in [1.29, 1.82) is 0 Å². The summed E-state index contributed by atoms with van der Waals surface area (Å²) in [6, 6.07) is 16.5. The molecule has 0 bridgehead atoms. The smallest absolute Gasteiger partial charge is 0.323 e. The number of carbonyl (C=O) groups excluding carboxylic acids is 3. The first-order valence-corrected chi connectivity index (χ1v) is 8.04. The number of para-hydroxylation sites is 1. The number of carbonyl (C=O) groups is 3. The average molecular weight is 337 g/mol. The highest BCUT2D eigenvalue weighted by molar-refractivity contribution is 6.23. The summed E-state index contributed by atoms with van der Waals surface area (Å²) in [4.78, 5) is 39.7. The molecule has 0 aliphatic carbocycles. The number of hydrogen-bond acceptors (Lipinski definition) is 3. The van der Waals surface area contributed by atoms with Gasteiger partial charge in [-0.05, 0) is 31.5 Å². The molecule has 1 aliphatic rings. The quantitative estimate of drug-likeness (QED) is 0.664. The van der Waals surface area contributed by atoms with Crippen LogP contribution in [0, 0.1) is 0 Å². The zero-order chi connectivity index (χ0) is 18.0. The van der Waals surface area contributed by atoms with Gasteiger partial charge in [-0.3, -0.25) is 19.8 Å². The lowest BCUT2D eigenvalue weighted by atomic mass is 9.86. The maximum Gasteiger partial charge on any atom is 0.325 e.